The predicted molar refractivity (Wildman–Crippen MR) is 77.9 cm³/mol. The van der Waals surface area contributed by atoms with E-state index in [0.717, 1.165) is 12.1 Å². The largest absolute Gasteiger partial charge is 0.508 e. The van der Waals surface area contributed by atoms with E-state index < -0.39 is 23.0 Å². The third-order valence-electron chi connectivity index (χ3n) is 2.75. The predicted octanol–water partition coefficient (Wildman–Crippen LogP) is 3.06. The van der Waals surface area contributed by atoms with E-state index in [0.29, 0.717) is 5.56 Å². The number of hydrogen-bond donors (Lipinski definition) is 4. The molecular weight excluding hydrogens is 296 g/mol. The molecular formula is C15H11ClO5. The van der Waals surface area contributed by atoms with Gasteiger partial charge in [0.15, 0.2) is 23.0 Å². The van der Waals surface area contributed by atoms with E-state index >= 15 is 0 Å². The molecule has 0 radical (unpaired) electrons. The van der Waals surface area contributed by atoms with Crippen molar-refractivity contribution >= 4 is 23.5 Å². The van der Waals surface area contributed by atoms with Gasteiger partial charge in [-0.3, -0.25) is 4.79 Å². The normalized spacial score (nSPS) is 10.9. The number of rotatable bonds is 3. The minimum absolute atomic E-state index is 0.00829. The molecule has 0 aliphatic carbocycles. The van der Waals surface area contributed by atoms with E-state index in [1.54, 1.807) is 0 Å². The minimum atomic E-state index is -0.683. The lowest BCUT2D eigenvalue weighted by Gasteiger charge is -2.03. The fourth-order valence-corrected chi connectivity index (χ4v) is 1.90. The molecule has 0 unspecified atom stereocenters. The standard InChI is InChI=1S/C15H11ClO5/c16-11-7-10(17)3-1-8(11)2-4-12(18)9-5-13(19)15(21)14(20)6-9/h1-7,17,19-21H/b4-2+. The summed E-state index contributed by atoms with van der Waals surface area (Å²) < 4.78 is 0. The Balaban J connectivity index is 2.27. The molecule has 21 heavy (non-hydrogen) atoms. The highest BCUT2D eigenvalue weighted by Gasteiger charge is 2.11. The van der Waals surface area contributed by atoms with Gasteiger partial charge in [-0.2, -0.15) is 0 Å². The van der Waals surface area contributed by atoms with Gasteiger partial charge in [-0.15, -0.1) is 0 Å². The second-order valence-electron chi connectivity index (χ2n) is 4.27. The van der Waals surface area contributed by atoms with E-state index in [1.165, 1.54) is 30.4 Å². The number of halogens is 1. The Kier molecular flexibility index (Phi) is 4.05. The summed E-state index contributed by atoms with van der Waals surface area (Å²) in [4.78, 5) is 11.9. The van der Waals surface area contributed by atoms with E-state index in [2.05, 4.69) is 0 Å². The number of benzene rings is 2. The minimum Gasteiger partial charge on any atom is -0.508 e. The van der Waals surface area contributed by atoms with Crippen LogP contribution in [0.5, 0.6) is 23.0 Å². The Labute approximate surface area is 125 Å². The number of allylic oxidation sites excluding steroid dienone is 1. The van der Waals surface area contributed by atoms with Gasteiger partial charge in [0.25, 0.3) is 0 Å². The third-order valence-corrected chi connectivity index (χ3v) is 3.08. The summed E-state index contributed by atoms with van der Waals surface area (Å²) in [6, 6.07) is 6.38. The lowest BCUT2D eigenvalue weighted by Crippen LogP contribution is -1.94. The molecule has 2 aromatic rings. The van der Waals surface area contributed by atoms with Crippen LogP contribution in [0.1, 0.15) is 15.9 Å². The Bertz CT molecular complexity index is 714. The molecule has 0 bridgehead atoms. The zero-order chi connectivity index (χ0) is 15.6. The molecule has 6 heteroatoms. The van der Waals surface area contributed by atoms with Gasteiger partial charge in [-0.1, -0.05) is 11.6 Å². The second kappa shape index (κ2) is 5.76. The molecule has 0 aromatic heterocycles. The molecule has 0 amide bonds. The SMILES string of the molecule is O=C(/C=C/c1ccc(O)cc1Cl)c1cc(O)c(O)c(O)c1. The smallest absolute Gasteiger partial charge is 0.200 e. The average Bonchev–Trinajstić information content (AvgIpc) is 2.43. The van der Waals surface area contributed by atoms with Crippen molar-refractivity contribution in [2.45, 2.75) is 0 Å². The molecule has 0 spiro atoms. The Morgan fingerprint density at radius 1 is 1.00 bits per heavy atom. The number of phenolic OH excluding ortho intramolecular Hbond substituents is 4. The summed E-state index contributed by atoms with van der Waals surface area (Å²) in [5.41, 5.74) is 0.531. The first kappa shape index (κ1) is 14.7. The van der Waals surface area contributed by atoms with E-state index in [1.807, 2.05) is 0 Å². The fraction of sp³-hybridized carbons (Fsp3) is 0. The lowest BCUT2D eigenvalue weighted by atomic mass is 10.1. The number of hydrogen-bond acceptors (Lipinski definition) is 5. The van der Waals surface area contributed by atoms with Crippen LogP contribution >= 0.6 is 11.6 Å². The highest BCUT2D eigenvalue weighted by atomic mass is 35.5. The van der Waals surface area contributed by atoms with Gasteiger partial charge in [0.2, 0.25) is 0 Å². The monoisotopic (exact) mass is 306 g/mol. The highest BCUT2D eigenvalue weighted by Crippen LogP contribution is 2.35. The summed E-state index contributed by atoms with van der Waals surface area (Å²) in [5, 5.41) is 37.4. The molecule has 5 nitrogen and oxygen atoms in total. The van der Waals surface area contributed by atoms with E-state index in [-0.39, 0.29) is 16.3 Å². The van der Waals surface area contributed by atoms with Crippen LogP contribution in [-0.4, -0.2) is 26.2 Å². The maximum Gasteiger partial charge on any atom is 0.200 e. The average molecular weight is 307 g/mol. The first-order valence-electron chi connectivity index (χ1n) is 5.84. The van der Waals surface area contributed by atoms with Crippen molar-refractivity contribution in [3.05, 3.63) is 52.6 Å². The maximum absolute atomic E-state index is 11.9. The molecule has 2 rings (SSSR count). The van der Waals surface area contributed by atoms with Gasteiger partial charge in [0.1, 0.15) is 5.75 Å². The van der Waals surface area contributed by atoms with Gasteiger partial charge in [0, 0.05) is 5.56 Å². The van der Waals surface area contributed by atoms with Crippen molar-refractivity contribution in [3.8, 4) is 23.0 Å². The summed E-state index contributed by atoms with van der Waals surface area (Å²) in [5.74, 6) is -2.34. The zero-order valence-corrected chi connectivity index (χ0v) is 11.4. The number of aromatic hydroxyl groups is 4. The third kappa shape index (κ3) is 3.27. The Morgan fingerprint density at radius 2 is 1.62 bits per heavy atom. The molecule has 108 valence electrons. The van der Waals surface area contributed by atoms with Gasteiger partial charge < -0.3 is 20.4 Å². The summed E-state index contributed by atoms with van der Waals surface area (Å²) in [7, 11) is 0. The number of ketones is 1. The molecule has 0 aliphatic heterocycles. The van der Waals surface area contributed by atoms with Crippen molar-refractivity contribution < 1.29 is 25.2 Å². The second-order valence-corrected chi connectivity index (χ2v) is 4.67. The molecule has 0 fully saturated rings. The van der Waals surface area contributed by atoms with Gasteiger partial charge in [-0.05, 0) is 48.0 Å². The van der Waals surface area contributed by atoms with Crippen LogP contribution in [0.3, 0.4) is 0 Å². The first-order chi connectivity index (χ1) is 9.88. The molecule has 0 heterocycles. The Morgan fingerprint density at radius 3 is 2.19 bits per heavy atom. The zero-order valence-electron chi connectivity index (χ0n) is 10.6. The molecule has 2 aromatic carbocycles. The van der Waals surface area contributed by atoms with Crippen LogP contribution in [-0.2, 0) is 0 Å². The Hall–Kier alpha value is -2.66. The highest BCUT2D eigenvalue weighted by molar-refractivity contribution is 6.32. The topological polar surface area (TPSA) is 98.0 Å². The number of phenols is 4. The van der Waals surface area contributed by atoms with Crippen molar-refractivity contribution in [2.75, 3.05) is 0 Å². The first-order valence-corrected chi connectivity index (χ1v) is 6.22. The van der Waals surface area contributed by atoms with Gasteiger partial charge in [0.05, 0.1) is 5.02 Å². The lowest BCUT2D eigenvalue weighted by molar-refractivity contribution is 0.104. The number of carbonyl (C=O) groups is 1. The van der Waals surface area contributed by atoms with Crippen LogP contribution in [0.25, 0.3) is 6.08 Å². The van der Waals surface area contributed by atoms with Crippen molar-refractivity contribution in [1.29, 1.82) is 0 Å². The molecule has 0 saturated heterocycles. The summed E-state index contributed by atoms with van der Waals surface area (Å²) in [6.45, 7) is 0. The quantitative estimate of drug-likeness (QED) is 0.397. The number of carbonyl (C=O) groups excluding carboxylic acids is 1. The van der Waals surface area contributed by atoms with Gasteiger partial charge >= 0.3 is 0 Å². The summed E-state index contributed by atoms with van der Waals surface area (Å²) >= 11 is 5.89. The molecule has 0 aliphatic rings. The van der Waals surface area contributed by atoms with Crippen LogP contribution in [0.2, 0.25) is 5.02 Å². The molecule has 4 N–H and O–H groups in total. The molecule has 0 saturated carbocycles. The fourth-order valence-electron chi connectivity index (χ4n) is 1.66. The summed E-state index contributed by atoms with van der Waals surface area (Å²) in [6.07, 6.45) is 2.63. The van der Waals surface area contributed by atoms with Crippen LogP contribution in [0, 0.1) is 0 Å². The van der Waals surface area contributed by atoms with Crippen LogP contribution in [0.15, 0.2) is 36.4 Å². The van der Waals surface area contributed by atoms with Crippen molar-refractivity contribution in [1.82, 2.24) is 0 Å². The van der Waals surface area contributed by atoms with Crippen LogP contribution < -0.4 is 0 Å². The van der Waals surface area contributed by atoms with Crippen molar-refractivity contribution in [2.24, 2.45) is 0 Å². The van der Waals surface area contributed by atoms with Gasteiger partial charge in [-0.25, -0.2) is 0 Å². The molecule has 0 atom stereocenters. The van der Waals surface area contributed by atoms with Crippen LogP contribution in [0.4, 0.5) is 0 Å². The van der Waals surface area contributed by atoms with E-state index in [4.69, 9.17) is 11.6 Å². The maximum atomic E-state index is 11.9. The van der Waals surface area contributed by atoms with E-state index in [9.17, 15) is 25.2 Å². The van der Waals surface area contributed by atoms with Crippen molar-refractivity contribution in [3.63, 3.8) is 0 Å².